The topological polar surface area (TPSA) is 75.6 Å². The molecular formula is C15H18F3NO4. The second-order valence-corrected chi connectivity index (χ2v) is 5.10. The van der Waals surface area contributed by atoms with Gasteiger partial charge in [0.05, 0.1) is 13.0 Å². The van der Waals surface area contributed by atoms with Crippen LogP contribution in [-0.2, 0) is 14.3 Å². The quantitative estimate of drug-likeness (QED) is 0.812. The van der Waals surface area contributed by atoms with Crippen LogP contribution in [0.15, 0.2) is 18.2 Å². The summed E-state index contributed by atoms with van der Waals surface area (Å²) in [6, 6.07) is 4.77. The summed E-state index contributed by atoms with van der Waals surface area (Å²) in [6.07, 6.45) is -6.82. The van der Waals surface area contributed by atoms with Crippen molar-refractivity contribution in [3.63, 3.8) is 0 Å². The lowest BCUT2D eigenvalue weighted by Crippen LogP contribution is -2.54. The Kier molecular flexibility index (Phi) is 5.76. The first-order valence-corrected chi connectivity index (χ1v) is 6.84. The maximum absolute atomic E-state index is 13.0. The largest absolute Gasteiger partial charge is 0.464 e. The van der Waals surface area contributed by atoms with Gasteiger partial charge in [-0.2, -0.15) is 13.2 Å². The molecule has 1 amide bonds. The van der Waals surface area contributed by atoms with Crippen LogP contribution in [0.1, 0.15) is 24.5 Å². The molecule has 23 heavy (non-hydrogen) atoms. The Morgan fingerprint density at radius 2 is 1.83 bits per heavy atom. The molecule has 0 bridgehead atoms. The first-order valence-electron chi connectivity index (χ1n) is 6.84. The van der Waals surface area contributed by atoms with Crippen molar-refractivity contribution in [1.29, 1.82) is 0 Å². The zero-order chi connectivity index (χ0) is 17.8. The number of nitrogens with one attached hydrogen (secondary N) is 1. The predicted molar refractivity (Wildman–Crippen MR) is 76.8 cm³/mol. The number of hydrogen-bond donors (Lipinski definition) is 2. The fourth-order valence-electron chi connectivity index (χ4n) is 1.80. The van der Waals surface area contributed by atoms with E-state index in [1.807, 2.05) is 6.92 Å². The number of aryl methyl sites for hydroxylation is 2. The van der Waals surface area contributed by atoms with Gasteiger partial charge in [0.15, 0.2) is 0 Å². The third kappa shape index (κ3) is 4.44. The Bertz CT molecular complexity index is 601. The molecule has 128 valence electrons. The van der Waals surface area contributed by atoms with Crippen molar-refractivity contribution >= 4 is 17.6 Å². The van der Waals surface area contributed by atoms with E-state index in [0.29, 0.717) is 0 Å². The van der Waals surface area contributed by atoms with Crippen LogP contribution in [0.25, 0.3) is 0 Å². The maximum atomic E-state index is 13.0. The van der Waals surface area contributed by atoms with Gasteiger partial charge >= 0.3 is 12.1 Å². The normalized spacial score (nSPS) is 14.0. The number of halogens is 3. The molecule has 1 rings (SSSR count). The van der Waals surface area contributed by atoms with Crippen molar-refractivity contribution in [3.05, 3.63) is 29.3 Å². The van der Waals surface area contributed by atoms with Crippen LogP contribution >= 0.6 is 0 Å². The van der Waals surface area contributed by atoms with Gasteiger partial charge in [-0.3, -0.25) is 4.79 Å². The van der Waals surface area contributed by atoms with Crippen molar-refractivity contribution in [2.24, 2.45) is 0 Å². The molecule has 0 saturated carbocycles. The zero-order valence-corrected chi connectivity index (χ0v) is 13.0. The average Bonchev–Trinajstić information content (AvgIpc) is 2.41. The second-order valence-electron chi connectivity index (χ2n) is 5.10. The van der Waals surface area contributed by atoms with Crippen molar-refractivity contribution in [2.45, 2.75) is 39.0 Å². The second kappa shape index (κ2) is 6.99. The maximum Gasteiger partial charge on any atom is 0.428 e. The highest BCUT2D eigenvalue weighted by molar-refractivity contribution is 5.96. The third-order valence-electron chi connectivity index (χ3n) is 3.29. The SMILES string of the molecule is CCOC(=O)C(O)(CC(=O)Nc1ccc(C)c(C)c1)C(F)(F)F. The number of carbonyl (C=O) groups excluding carboxylic acids is 2. The van der Waals surface area contributed by atoms with E-state index >= 15 is 0 Å². The number of alkyl halides is 3. The highest BCUT2D eigenvalue weighted by Crippen LogP contribution is 2.34. The Morgan fingerprint density at radius 3 is 2.30 bits per heavy atom. The molecule has 8 heteroatoms. The molecule has 0 aliphatic heterocycles. The highest BCUT2D eigenvalue weighted by atomic mass is 19.4. The summed E-state index contributed by atoms with van der Waals surface area (Å²) in [4.78, 5) is 23.2. The molecule has 0 fully saturated rings. The van der Waals surface area contributed by atoms with E-state index in [4.69, 9.17) is 0 Å². The summed E-state index contributed by atoms with van der Waals surface area (Å²) in [5.41, 5.74) is -1.83. The monoisotopic (exact) mass is 333 g/mol. The van der Waals surface area contributed by atoms with Crippen LogP contribution < -0.4 is 5.32 Å². The zero-order valence-electron chi connectivity index (χ0n) is 13.0. The first-order chi connectivity index (χ1) is 10.5. The fraction of sp³-hybridized carbons (Fsp3) is 0.467. The molecule has 1 aromatic rings. The summed E-state index contributed by atoms with van der Waals surface area (Å²) in [5, 5.41) is 11.9. The molecule has 0 spiro atoms. The van der Waals surface area contributed by atoms with Gasteiger partial charge in [-0.25, -0.2) is 4.79 Å². The molecule has 0 radical (unpaired) electrons. The standard InChI is InChI=1S/C15H18F3NO4/c1-4-23-13(21)14(22,15(16,17)18)8-12(20)19-11-6-5-9(2)10(3)7-11/h5-7,22H,4,8H2,1-3H3,(H,19,20). The molecule has 1 atom stereocenters. The Labute approximate surface area is 131 Å². The van der Waals surface area contributed by atoms with E-state index in [0.717, 1.165) is 11.1 Å². The van der Waals surface area contributed by atoms with Gasteiger partial charge in [0.25, 0.3) is 5.60 Å². The Balaban J connectivity index is 2.93. The van der Waals surface area contributed by atoms with E-state index in [1.165, 1.54) is 13.0 Å². The van der Waals surface area contributed by atoms with Crippen LogP contribution in [0.4, 0.5) is 18.9 Å². The number of carbonyl (C=O) groups is 2. The van der Waals surface area contributed by atoms with Gasteiger partial charge in [0.1, 0.15) is 0 Å². The number of amides is 1. The third-order valence-corrected chi connectivity index (χ3v) is 3.29. The number of ether oxygens (including phenoxy) is 1. The first kappa shape index (κ1) is 19.0. The molecular weight excluding hydrogens is 315 g/mol. The molecule has 0 saturated heterocycles. The van der Waals surface area contributed by atoms with Gasteiger partial charge < -0.3 is 15.2 Å². The van der Waals surface area contributed by atoms with Gasteiger partial charge in [0.2, 0.25) is 5.91 Å². The van der Waals surface area contributed by atoms with Crippen molar-refractivity contribution in [3.8, 4) is 0 Å². The van der Waals surface area contributed by atoms with Crippen LogP contribution in [0.5, 0.6) is 0 Å². The fourth-order valence-corrected chi connectivity index (χ4v) is 1.80. The van der Waals surface area contributed by atoms with Crippen LogP contribution in [0, 0.1) is 13.8 Å². The summed E-state index contributed by atoms with van der Waals surface area (Å²) in [6.45, 7) is 4.56. The van der Waals surface area contributed by atoms with Crippen molar-refractivity contribution < 1.29 is 32.6 Å². The van der Waals surface area contributed by atoms with E-state index in [9.17, 15) is 27.9 Å². The number of aliphatic hydroxyl groups is 1. The summed E-state index contributed by atoms with van der Waals surface area (Å²) >= 11 is 0. The highest BCUT2D eigenvalue weighted by Gasteiger charge is 2.61. The summed E-state index contributed by atoms with van der Waals surface area (Å²) in [7, 11) is 0. The summed E-state index contributed by atoms with van der Waals surface area (Å²) in [5.74, 6) is -3.05. The number of anilines is 1. The molecule has 1 unspecified atom stereocenters. The number of esters is 1. The van der Waals surface area contributed by atoms with Gasteiger partial charge in [-0.05, 0) is 44.0 Å². The molecule has 0 aliphatic carbocycles. The predicted octanol–water partition coefficient (Wildman–Crippen LogP) is 2.49. The Morgan fingerprint density at radius 1 is 1.22 bits per heavy atom. The van der Waals surface area contributed by atoms with E-state index in [-0.39, 0.29) is 12.3 Å². The summed E-state index contributed by atoms with van der Waals surface area (Å²) < 4.78 is 43.1. The van der Waals surface area contributed by atoms with Crippen molar-refractivity contribution in [1.82, 2.24) is 0 Å². The molecule has 0 aromatic heterocycles. The van der Waals surface area contributed by atoms with Gasteiger partial charge in [-0.15, -0.1) is 0 Å². The molecule has 2 N–H and O–H groups in total. The van der Waals surface area contributed by atoms with Gasteiger partial charge in [-0.1, -0.05) is 6.07 Å². The lowest BCUT2D eigenvalue weighted by molar-refractivity contribution is -0.262. The van der Waals surface area contributed by atoms with Crippen molar-refractivity contribution in [2.75, 3.05) is 11.9 Å². The molecule has 1 aromatic carbocycles. The van der Waals surface area contributed by atoms with E-state index < -0.39 is 30.1 Å². The lowest BCUT2D eigenvalue weighted by atomic mass is 9.98. The lowest BCUT2D eigenvalue weighted by Gasteiger charge is -2.27. The minimum atomic E-state index is -5.33. The molecule has 5 nitrogen and oxygen atoms in total. The number of benzene rings is 1. The van der Waals surface area contributed by atoms with Crippen LogP contribution in [0.2, 0.25) is 0 Å². The minimum Gasteiger partial charge on any atom is -0.464 e. The van der Waals surface area contributed by atoms with E-state index in [1.54, 1.807) is 19.1 Å². The smallest absolute Gasteiger partial charge is 0.428 e. The van der Waals surface area contributed by atoms with E-state index in [2.05, 4.69) is 10.1 Å². The molecule has 0 aliphatic rings. The number of rotatable bonds is 5. The van der Waals surface area contributed by atoms with Crippen LogP contribution in [0.3, 0.4) is 0 Å². The molecule has 0 heterocycles. The van der Waals surface area contributed by atoms with Gasteiger partial charge in [0, 0.05) is 5.69 Å². The minimum absolute atomic E-state index is 0.270. The number of hydrogen-bond acceptors (Lipinski definition) is 4. The average molecular weight is 333 g/mol. The Hall–Kier alpha value is -2.09. The van der Waals surface area contributed by atoms with Crippen LogP contribution in [-0.4, -0.2) is 35.4 Å².